The Labute approximate surface area is 177 Å². The summed E-state index contributed by atoms with van der Waals surface area (Å²) in [6.45, 7) is 4.02. The van der Waals surface area contributed by atoms with E-state index in [1.807, 2.05) is 29.6 Å². The minimum Gasteiger partial charge on any atom is -0.488 e. The van der Waals surface area contributed by atoms with Crippen molar-refractivity contribution < 1.29 is 14.3 Å². The van der Waals surface area contributed by atoms with Gasteiger partial charge in [0.2, 0.25) is 0 Å². The summed E-state index contributed by atoms with van der Waals surface area (Å²) < 4.78 is 11.8. The van der Waals surface area contributed by atoms with Gasteiger partial charge in [0.05, 0.1) is 12.7 Å². The average molecular weight is 461 g/mol. The largest absolute Gasteiger partial charge is 0.488 e. The van der Waals surface area contributed by atoms with Crippen molar-refractivity contribution in [1.82, 2.24) is 4.98 Å². The number of esters is 1. The summed E-state index contributed by atoms with van der Waals surface area (Å²) in [5.74, 6) is 1.25. The lowest BCUT2D eigenvalue weighted by Gasteiger charge is -2.23. The molecule has 0 aliphatic rings. The highest BCUT2D eigenvalue weighted by Gasteiger charge is 2.13. The third kappa shape index (κ3) is 5.11. The van der Waals surface area contributed by atoms with Crippen LogP contribution < -0.4 is 9.64 Å². The van der Waals surface area contributed by atoms with Crippen molar-refractivity contribution in [2.24, 2.45) is 0 Å². The van der Waals surface area contributed by atoms with Gasteiger partial charge in [-0.05, 0) is 48.7 Å². The van der Waals surface area contributed by atoms with Crippen molar-refractivity contribution in [3.63, 3.8) is 0 Å². The number of carbonyl (C=O) groups is 1. The summed E-state index contributed by atoms with van der Waals surface area (Å²) in [7, 11) is 1.36. The molecule has 28 heavy (non-hydrogen) atoms. The molecule has 0 unspecified atom stereocenters. The Morgan fingerprint density at radius 2 is 2.11 bits per heavy atom. The van der Waals surface area contributed by atoms with Crippen LogP contribution in [0.25, 0.3) is 0 Å². The Bertz CT molecular complexity index is 914. The van der Waals surface area contributed by atoms with Crippen LogP contribution in [0.1, 0.15) is 27.7 Å². The first-order valence-corrected chi connectivity index (χ1v) is 10.5. The van der Waals surface area contributed by atoms with Crippen LogP contribution in [0.2, 0.25) is 0 Å². The number of carbonyl (C=O) groups excluding carboxylic acids is 1. The Morgan fingerprint density at radius 1 is 1.25 bits per heavy atom. The normalized spacial score (nSPS) is 10.5. The van der Waals surface area contributed by atoms with Gasteiger partial charge in [-0.1, -0.05) is 22.0 Å². The highest BCUT2D eigenvalue weighted by molar-refractivity contribution is 9.10. The number of halogens is 1. The van der Waals surface area contributed by atoms with Crippen LogP contribution in [0.5, 0.6) is 5.75 Å². The van der Waals surface area contributed by atoms with E-state index in [1.54, 1.807) is 23.6 Å². The number of rotatable bonds is 8. The lowest BCUT2D eigenvalue weighted by atomic mass is 10.2. The molecular weight excluding hydrogens is 440 g/mol. The smallest absolute Gasteiger partial charge is 0.339 e. The predicted octanol–water partition coefficient (Wildman–Crippen LogP) is 5.30. The highest BCUT2D eigenvalue weighted by Crippen LogP contribution is 2.27. The monoisotopic (exact) mass is 460 g/mol. The molecule has 0 aliphatic heterocycles. The Kier molecular flexibility index (Phi) is 7.06. The molecule has 0 atom stereocenters. The molecule has 0 saturated carbocycles. The fourth-order valence-electron chi connectivity index (χ4n) is 2.73. The second-order valence-electron chi connectivity index (χ2n) is 6.03. The second-order valence-corrected chi connectivity index (χ2v) is 7.98. The molecule has 2 aromatic heterocycles. The van der Waals surface area contributed by atoms with Crippen molar-refractivity contribution in [3.05, 3.63) is 74.5 Å². The fraction of sp³-hybridized carbons (Fsp3) is 0.238. The van der Waals surface area contributed by atoms with E-state index in [-0.39, 0.29) is 0 Å². The van der Waals surface area contributed by atoms with Crippen LogP contribution in [-0.2, 0) is 17.9 Å². The predicted molar refractivity (Wildman–Crippen MR) is 115 cm³/mol. The number of benzene rings is 1. The van der Waals surface area contributed by atoms with Gasteiger partial charge in [-0.3, -0.25) is 0 Å². The first-order valence-electron chi connectivity index (χ1n) is 8.83. The maximum Gasteiger partial charge on any atom is 0.339 e. The van der Waals surface area contributed by atoms with E-state index in [9.17, 15) is 4.79 Å². The number of anilines is 1. The standard InChI is InChI=1S/C21H21BrN2O3S/c1-3-24(20-9-6-15(12-23-20)21(25)26-2)13-16-11-17(22)7-8-19(16)27-14-18-5-4-10-28-18/h4-12H,3,13-14H2,1-2H3. The first-order chi connectivity index (χ1) is 13.6. The van der Waals surface area contributed by atoms with Crippen molar-refractivity contribution in [2.75, 3.05) is 18.6 Å². The molecule has 0 aliphatic carbocycles. The quantitative estimate of drug-likeness (QED) is 0.427. The summed E-state index contributed by atoms with van der Waals surface area (Å²) in [5.41, 5.74) is 1.50. The molecule has 0 N–H and O–H groups in total. The maximum atomic E-state index is 11.6. The Balaban J connectivity index is 1.78. The molecule has 0 amide bonds. The molecular formula is C21H21BrN2O3S. The van der Waals surface area contributed by atoms with Gasteiger partial charge in [-0.15, -0.1) is 11.3 Å². The van der Waals surface area contributed by atoms with Crippen LogP contribution >= 0.6 is 27.3 Å². The fourth-order valence-corrected chi connectivity index (χ4v) is 3.75. The molecule has 3 aromatic rings. The summed E-state index contributed by atoms with van der Waals surface area (Å²) in [4.78, 5) is 19.3. The van der Waals surface area contributed by atoms with Gasteiger partial charge >= 0.3 is 5.97 Å². The molecule has 0 spiro atoms. The highest BCUT2D eigenvalue weighted by atomic mass is 79.9. The van der Waals surface area contributed by atoms with E-state index in [0.29, 0.717) is 18.7 Å². The van der Waals surface area contributed by atoms with Crippen LogP contribution in [0, 0.1) is 0 Å². The number of nitrogens with zero attached hydrogens (tertiary/aromatic N) is 2. The summed E-state index contributed by atoms with van der Waals surface area (Å²) >= 11 is 5.23. The molecule has 0 fully saturated rings. The van der Waals surface area contributed by atoms with Gasteiger partial charge in [0, 0.05) is 34.2 Å². The van der Waals surface area contributed by atoms with E-state index in [4.69, 9.17) is 9.47 Å². The van der Waals surface area contributed by atoms with E-state index in [2.05, 4.69) is 44.9 Å². The molecule has 0 bridgehead atoms. The maximum absolute atomic E-state index is 11.6. The first kappa shape index (κ1) is 20.4. The lowest BCUT2D eigenvalue weighted by molar-refractivity contribution is 0.0600. The van der Waals surface area contributed by atoms with Gasteiger partial charge in [-0.25, -0.2) is 9.78 Å². The number of aromatic nitrogens is 1. The van der Waals surface area contributed by atoms with Crippen molar-refractivity contribution in [2.45, 2.75) is 20.1 Å². The zero-order chi connectivity index (χ0) is 19.9. The van der Waals surface area contributed by atoms with E-state index < -0.39 is 5.97 Å². The topological polar surface area (TPSA) is 51.7 Å². The van der Waals surface area contributed by atoms with Gasteiger partial charge in [0.1, 0.15) is 18.2 Å². The Morgan fingerprint density at radius 3 is 2.75 bits per heavy atom. The summed E-state index contributed by atoms with van der Waals surface area (Å²) in [6.07, 6.45) is 1.54. The molecule has 7 heteroatoms. The number of hydrogen-bond acceptors (Lipinski definition) is 6. The molecule has 146 valence electrons. The molecule has 3 rings (SSSR count). The van der Waals surface area contributed by atoms with Gasteiger partial charge < -0.3 is 14.4 Å². The van der Waals surface area contributed by atoms with Crippen LogP contribution in [0.4, 0.5) is 5.82 Å². The number of methoxy groups -OCH3 is 1. The van der Waals surface area contributed by atoms with E-state index in [1.165, 1.54) is 12.0 Å². The van der Waals surface area contributed by atoms with E-state index in [0.717, 1.165) is 28.1 Å². The number of ether oxygens (including phenoxy) is 2. The van der Waals surface area contributed by atoms with Crippen molar-refractivity contribution >= 4 is 39.1 Å². The van der Waals surface area contributed by atoms with Crippen LogP contribution in [0.3, 0.4) is 0 Å². The van der Waals surface area contributed by atoms with Crippen LogP contribution in [-0.4, -0.2) is 24.6 Å². The zero-order valence-electron chi connectivity index (χ0n) is 15.7. The second kappa shape index (κ2) is 9.71. The number of pyridine rings is 1. The Hall–Kier alpha value is -2.38. The van der Waals surface area contributed by atoms with Gasteiger partial charge in [0.15, 0.2) is 0 Å². The van der Waals surface area contributed by atoms with E-state index >= 15 is 0 Å². The average Bonchev–Trinajstić information content (AvgIpc) is 3.24. The summed E-state index contributed by atoms with van der Waals surface area (Å²) in [5, 5.41) is 2.05. The van der Waals surface area contributed by atoms with Gasteiger partial charge in [0.25, 0.3) is 0 Å². The molecule has 2 heterocycles. The lowest BCUT2D eigenvalue weighted by Crippen LogP contribution is -2.23. The SMILES string of the molecule is CCN(Cc1cc(Br)ccc1OCc1cccs1)c1ccc(C(=O)OC)cn1. The number of thiophene rings is 1. The molecule has 1 aromatic carbocycles. The minimum atomic E-state index is -0.390. The molecule has 0 saturated heterocycles. The van der Waals surface area contributed by atoms with Crippen LogP contribution in [0.15, 0.2) is 58.5 Å². The number of hydrogen-bond donors (Lipinski definition) is 0. The zero-order valence-corrected chi connectivity index (χ0v) is 18.1. The third-order valence-electron chi connectivity index (χ3n) is 4.21. The van der Waals surface area contributed by atoms with Gasteiger partial charge in [-0.2, -0.15) is 0 Å². The molecule has 5 nitrogen and oxygen atoms in total. The minimum absolute atomic E-state index is 0.390. The summed E-state index contributed by atoms with van der Waals surface area (Å²) in [6, 6.07) is 13.7. The van der Waals surface area contributed by atoms with Crippen molar-refractivity contribution in [3.8, 4) is 5.75 Å². The third-order valence-corrected chi connectivity index (χ3v) is 5.55. The molecule has 0 radical (unpaired) electrons. The van der Waals surface area contributed by atoms with Crippen molar-refractivity contribution in [1.29, 1.82) is 0 Å².